The summed E-state index contributed by atoms with van der Waals surface area (Å²) in [4.78, 5) is 23.0. The third-order valence-electron chi connectivity index (χ3n) is 4.38. The van der Waals surface area contributed by atoms with Gasteiger partial charge in [0.25, 0.3) is 5.91 Å². The lowest BCUT2D eigenvalue weighted by atomic mass is 10.1. The number of anilines is 2. The first-order valence-electron chi connectivity index (χ1n) is 8.97. The van der Waals surface area contributed by atoms with Gasteiger partial charge in [-0.05, 0) is 73.4 Å². The van der Waals surface area contributed by atoms with E-state index in [9.17, 15) is 4.79 Å². The van der Waals surface area contributed by atoms with E-state index in [0.29, 0.717) is 5.69 Å². The van der Waals surface area contributed by atoms with Gasteiger partial charge in [-0.1, -0.05) is 6.07 Å². The molecular formula is C22H24N4O. The van der Waals surface area contributed by atoms with E-state index in [1.54, 1.807) is 18.6 Å². The minimum absolute atomic E-state index is 0.204. The van der Waals surface area contributed by atoms with E-state index in [2.05, 4.69) is 26.3 Å². The highest BCUT2D eigenvalue weighted by Crippen LogP contribution is 2.17. The van der Waals surface area contributed by atoms with Gasteiger partial charge in [0.1, 0.15) is 5.69 Å². The summed E-state index contributed by atoms with van der Waals surface area (Å²) in [5.74, 6) is -0.204. The molecule has 0 radical (unpaired) electrons. The number of carbonyl (C=O) groups is 1. The molecule has 27 heavy (non-hydrogen) atoms. The van der Waals surface area contributed by atoms with Gasteiger partial charge in [0, 0.05) is 43.6 Å². The topological polar surface area (TPSA) is 58.1 Å². The summed E-state index contributed by atoms with van der Waals surface area (Å²) in [7, 11) is 2.02. The van der Waals surface area contributed by atoms with Crippen molar-refractivity contribution in [2.75, 3.05) is 23.8 Å². The van der Waals surface area contributed by atoms with Gasteiger partial charge in [0.05, 0.1) is 0 Å². The molecule has 0 spiro atoms. The van der Waals surface area contributed by atoms with Gasteiger partial charge in [0.2, 0.25) is 0 Å². The molecule has 0 bridgehead atoms. The summed E-state index contributed by atoms with van der Waals surface area (Å²) in [5.41, 5.74) is 5.62. The third kappa shape index (κ3) is 5.14. The van der Waals surface area contributed by atoms with Gasteiger partial charge in [0.15, 0.2) is 0 Å². The Hall–Kier alpha value is -3.21. The van der Waals surface area contributed by atoms with E-state index in [1.165, 1.54) is 5.56 Å². The number of aromatic nitrogens is 2. The van der Waals surface area contributed by atoms with Crippen LogP contribution in [0.25, 0.3) is 0 Å². The van der Waals surface area contributed by atoms with Crippen LogP contribution >= 0.6 is 0 Å². The van der Waals surface area contributed by atoms with Gasteiger partial charge < -0.3 is 10.2 Å². The normalized spacial score (nSPS) is 10.5. The quantitative estimate of drug-likeness (QED) is 0.721. The standard InChI is InChI=1S/C22H24N4O/c1-16-12-17(2)14-19(13-16)25-22(27)21-15-20(6-10-24-21)26(3)11-7-18-4-8-23-9-5-18/h4-6,8-10,12-15H,7,11H2,1-3H3,(H,25,27). The molecule has 5 heteroatoms. The molecule has 1 N–H and O–H groups in total. The number of pyridine rings is 2. The van der Waals surface area contributed by atoms with Crippen molar-refractivity contribution in [3.63, 3.8) is 0 Å². The van der Waals surface area contributed by atoms with Crippen molar-refractivity contribution in [1.82, 2.24) is 9.97 Å². The average Bonchev–Trinajstić information content (AvgIpc) is 2.66. The highest BCUT2D eigenvalue weighted by molar-refractivity contribution is 6.03. The first-order chi connectivity index (χ1) is 13.0. The monoisotopic (exact) mass is 360 g/mol. The molecule has 3 rings (SSSR count). The van der Waals surface area contributed by atoms with Crippen LogP contribution in [0.5, 0.6) is 0 Å². The van der Waals surface area contributed by atoms with E-state index < -0.39 is 0 Å². The molecule has 138 valence electrons. The number of rotatable bonds is 6. The van der Waals surface area contributed by atoms with Crippen LogP contribution < -0.4 is 10.2 Å². The van der Waals surface area contributed by atoms with Crippen LogP contribution in [0.3, 0.4) is 0 Å². The Kier molecular flexibility index (Phi) is 5.81. The third-order valence-corrected chi connectivity index (χ3v) is 4.38. The predicted octanol–water partition coefficient (Wildman–Crippen LogP) is 4.02. The van der Waals surface area contributed by atoms with Crippen molar-refractivity contribution >= 4 is 17.3 Å². The van der Waals surface area contributed by atoms with Crippen molar-refractivity contribution in [3.8, 4) is 0 Å². The Labute approximate surface area is 160 Å². The maximum absolute atomic E-state index is 12.6. The fraction of sp³-hybridized carbons (Fsp3) is 0.227. The SMILES string of the molecule is Cc1cc(C)cc(NC(=O)c2cc(N(C)CCc3ccncc3)ccn2)c1. The van der Waals surface area contributed by atoms with Gasteiger partial charge in [-0.25, -0.2) is 0 Å². The second kappa shape index (κ2) is 8.45. The highest BCUT2D eigenvalue weighted by Gasteiger charge is 2.11. The molecule has 2 heterocycles. The summed E-state index contributed by atoms with van der Waals surface area (Å²) in [5, 5.41) is 2.94. The van der Waals surface area contributed by atoms with Crippen molar-refractivity contribution < 1.29 is 4.79 Å². The Balaban J connectivity index is 1.67. The van der Waals surface area contributed by atoms with Gasteiger partial charge in [-0.15, -0.1) is 0 Å². The number of hydrogen-bond donors (Lipinski definition) is 1. The smallest absolute Gasteiger partial charge is 0.274 e. The Morgan fingerprint density at radius 2 is 1.70 bits per heavy atom. The molecule has 0 aliphatic rings. The maximum atomic E-state index is 12.6. The largest absolute Gasteiger partial charge is 0.374 e. The van der Waals surface area contributed by atoms with E-state index in [0.717, 1.165) is 35.5 Å². The van der Waals surface area contributed by atoms with Crippen molar-refractivity contribution in [1.29, 1.82) is 0 Å². The fourth-order valence-electron chi connectivity index (χ4n) is 3.00. The lowest BCUT2D eigenvalue weighted by molar-refractivity contribution is 0.102. The molecule has 0 atom stereocenters. The van der Waals surface area contributed by atoms with Crippen LogP contribution in [0.4, 0.5) is 11.4 Å². The summed E-state index contributed by atoms with van der Waals surface area (Å²) < 4.78 is 0. The van der Waals surface area contributed by atoms with E-state index in [-0.39, 0.29) is 5.91 Å². The number of hydrogen-bond acceptors (Lipinski definition) is 4. The van der Waals surface area contributed by atoms with E-state index >= 15 is 0 Å². The summed E-state index contributed by atoms with van der Waals surface area (Å²) in [6.45, 7) is 4.87. The number of nitrogens with one attached hydrogen (secondary N) is 1. The van der Waals surface area contributed by atoms with Crippen LogP contribution in [0.2, 0.25) is 0 Å². The second-order valence-corrected chi connectivity index (χ2v) is 6.76. The Morgan fingerprint density at radius 1 is 1.00 bits per heavy atom. The molecule has 1 amide bonds. The van der Waals surface area contributed by atoms with Gasteiger partial charge in [-0.3, -0.25) is 14.8 Å². The number of nitrogens with zero attached hydrogens (tertiary/aromatic N) is 3. The molecule has 0 unspecified atom stereocenters. The highest BCUT2D eigenvalue weighted by atomic mass is 16.1. The minimum Gasteiger partial charge on any atom is -0.374 e. The molecule has 2 aromatic heterocycles. The van der Waals surface area contributed by atoms with Crippen LogP contribution in [0.15, 0.2) is 61.1 Å². The lowest BCUT2D eigenvalue weighted by Crippen LogP contribution is -2.21. The first-order valence-corrected chi connectivity index (χ1v) is 8.97. The molecule has 0 saturated heterocycles. The molecule has 0 aliphatic carbocycles. The number of carbonyl (C=O) groups excluding carboxylic acids is 1. The van der Waals surface area contributed by atoms with Crippen LogP contribution in [0.1, 0.15) is 27.2 Å². The minimum atomic E-state index is -0.204. The number of likely N-dealkylation sites (N-methyl/N-ethyl adjacent to an activating group) is 1. The zero-order chi connectivity index (χ0) is 19.2. The fourth-order valence-corrected chi connectivity index (χ4v) is 3.00. The van der Waals surface area contributed by atoms with Crippen molar-refractivity contribution in [2.24, 2.45) is 0 Å². The molecule has 3 aromatic rings. The molecule has 0 aliphatic heterocycles. The summed E-state index contributed by atoms with van der Waals surface area (Å²) in [6, 6.07) is 13.8. The second-order valence-electron chi connectivity index (χ2n) is 6.76. The zero-order valence-electron chi connectivity index (χ0n) is 15.9. The average molecular weight is 360 g/mol. The lowest BCUT2D eigenvalue weighted by Gasteiger charge is -2.19. The van der Waals surface area contributed by atoms with Crippen LogP contribution in [0, 0.1) is 13.8 Å². The molecule has 0 saturated carbocycles. The number of amides is 1. The van der Waals surface area contributed by atoms with Crippen molar-refractivity contribution in [3.05, 3.63) is 83.4 Å². The molecular weight excluding hydrogens is 336 g/mol. The Morgan fingerprint density at radius 3 is 2.41 bits per heavy atom. The summed E-state index contributed by atoms with van der Waals surface area (Å²) >= 11 is 0. The van der Waals surface area contributed by atoms with E-state index in [4.69, 9.17) is 0 Å². The van der Waals surface area contributed by atoms with Crippen LogP contribution in [-0.4, -0.2) is 29.5 Å². The van der Waals surface area contributed by atoms with Crippen LogP contribution in [-0.2, 0) is 6.42 Å². The molecule has 1 aromatic carbocycles. The van der Waals surface area contributed by atoms with Gasteiger partial charge in [-0.2, -0.15) is 0 Å². The first kappa shape index (κ1) is 18.6. The maximum Gasteiger partial charge on any atom is 0.274 e. The summed E-state index contributed by atoms with van der Waals surface area (Å²) in [6.07, 6.45) is 6.19. The number of aryl methyl sites for hydroxylation is 2. The Bertz CT molecular complexity index is 904. The zero-order valence-corrected chi connectivity index (χ0v) is 15.9. The molecule has 0 fully saturated rings. The van der Waals surface area contributed by atoms with Crippen molar-refractivity contribution in [2.45, 2.75) is 20.3 Å². The van der Waals surface area contributed by atoms with Gasteiger partial charge >= 0.3 is 0 Å². The number of benzene rings is 1. The molecule has 5 nitrogen and oxygen atoms in total. The van der Waals surface area contributed by atoms with E-state index in [1.807, 2.05) is 57.3 Å². The predicted molar refractivity (Wildman–Crippen MR) is 109 cm³/mol.